The van der Waals surface area contributed by atoms with Crippen LogP contribution in [0.1, 0.15) is 44.6 Å². The van der Waals surface area contributed by atoms with Crippen LogP contribution in [0, 0.1) is 23.6 Å². The highest BCUT2D eigenvalue weighted by molar-refractivity contribution is 6.30. The fraction of sp³-hybridized carbons (Fsp3) is 0.577. The Morgan fingerprint density at radius 2 is 2.00 bits per heavy atom. The van der Waals surface area contributed by atoms with Crippen molar-refractivity contribution in [3.63, 3.8) is 0 Å². The molecule has 1 aliphatic heterocycles. The number of piperidine rings is 1. The van der Waals surface area contributed by atoms with Crippen LogP contribution in [0.15, 0.2) is 30.6 Å². The molecule has 2 atom stereocenters. The van der Waals surface area contributed by atoms with Crippen LogP contribution in [-0.4, -0.2) is 54.1 Å². The molecule has 2 aliphatic rings. The molecule has 1 aromatic carbocycles. The normalized spacial score (nSPS) is 20.3. The van der Waals surface area contributed by atoms with Gasteiger partial charge < -0.3 is 14.5 Å². The molecular weight excluding hydrogens is 455 g/mol. The third kappa shape index (κ3) is 6.38. The second-order valence-corrected chi connectivity index (χ2v) is 10.0. The van der Waals surface area contributed by atoms with Crippen molar-refractivity contribution >= 4 is 23.5 Å². The van der Waals surface area contributed by atoms with Crippen molar-refractivity contribution in [1.29, 1.82) is 0 Å². The van der Waals surface area contributed by atoms with Gasteiger partial charge in [0, 0.05) is 26.7 Å². The number of likely N-dealkylation sites (N-methyl/N-ethyl adjacent to an activating group) is 1. The molecule has 8 heteroatoms. The van der Waals surface area contributed by atoms with E-state index in [0.29, 0.717) is 29.7 Å². The summed E-state index contributed by atoms with van der Waals surface area (Å²) in [5.41, 5.74) is 0.676. The van der Waals surface area contributed by atoms with Gasteiger partial charge in [0.05, 0.1) is 30.4 Å². The zero-order chi connectivity index (χ0) is 24.1. The predicted molar refractivity (Wildman–Crippen MR) is 132 cm³/mol. The Hall–Kier alpha value is -2.41. The third-order valence-electron chi connectivity index (χ3n) is 7.09. The number of anilines is 1. The van der Waals surface area contributed by atoms with Gasteiger partial charge in [0.1, 0.15) is 0 Å². The van der Waals surface area contributed by atoms with E-state index < -0.39 is 5.82 Å². The summed E-state index contributed by atoms with van der Waals surface area (Å²) < 4.78 is 20.2. The molecule has 0 unspecified atom stereocenters. The number of rotatable bonds is 10. The summed E-state index contributed by atoms with van der Waals surface area (Å²) in [6, 6.07) is 4.86. The molecule has 1 saturated heterocycles. The van der Waals surface area contributed by atoms with Gasteiger partial charge in [0.25, 0.3) is 0 Å². The maximum Gasteiger partial charge on any atom is 0.226 e. The van der Waals surface area contributed by atoms with Gasteiger partial charge >= 0.3 is 0 Å². The third-order valence-corrected chi connectivity index (χ3v) is 7.29. The Labute approximate surface area is 206 Å². The minimum Gasteiger partial charge on any atom is -0.491 e. The quantitative estimate of drug-likeness (QED) is 0.471. The first kappa shape index (κ1) is 24.7. The molecule has 0 radical (unpaired) electrons. The average molecular weight is 489 g/mol. The van der Waals surface area contributed by atoms with E-state index in [0.717, 1.165) is 56.6 Å². The Bertz CT molecular complexity index is 966. The summed E-state index contributed by atoms with van der Waals surface area (Å²) in [7, 11) is 1.78. The van der Waals surface area contributed by atoms with Crippen LogP contribution in [0.25, 0.3) is 0 Å². The van der Waals surface area contributed by atoms with Gasteiger partial charge in [-0.2, -0.15) is 0 Å². The maximum atomic E-state index is 14.5. The summed E-state index contributed by atoms with van der Waals surface area (Å²) >= 11 is 5.89. The molecule has 1 saturated carbocycles. The second-order valence-electron chi connectivity index (χ2n) is 9.58. The number of nitrogens with zero attached hydrogens (tertiary/aromatic N) is 4. The Morgan fingerprint density at radius 3 is 2.68 bits per heavy atom. The lowest BCUT2D eigenvalue weighted by molar-refractivity contribution is -0.129. The monoisotopic (exact) mass is 488 g/mol. The highest BCUT2D eigenvalue weighted by atomic mass is 35.5. The maximum absolute atomic E-state index is 14.5. The molecule has 2 heterocycles. The highest BCUT2D eigenvalue weighted by Crippen LogP contribution is 2.49. The van der Waals surface area contributed by atoms with Crippen LogP contribution in [0.3, 0.4) is 0 Å². The minimum absolute atomic E-state index is 0.00113. The van der Waals surface area contributed by atoms with E-state index in [1.54, 1.807) is 36.5 Å². The minimum atomic E-state index is -0.396. The Kier molecular flexibility index (Phi) is 8.24. The molecule has 0 spiro atoms. The van der Waals surface area contributed by atoms with Crippen molar-refractivity contribution in [2.45, 2.75) is 45.4 Å². The van der Waals surface area contributed by atoms with Crippen LogP contribution < -0.4 is 9.64 Å². The smallest absolute Gasteiger partial charge is 0.226 e. The van der Waals surface area contributed by atoms with Gasteiger partial charge in [0.2, 0.25) is 11.9 Å². The van der Waals surface area contributed by atoms with Crippen molar-refractivity contribution in [3.05, 3.63) is 47.0 Å². The zero-order valence-corrected chi connectivity index (χ0v) is 20.8. The number of benzene rings is 1. The first-order valence-corrected chi connectivity index (χ1v) is 12.7. The summed E-state index contributed by atoms with van der Waals surface area (Å²) in [6.45, 7) is 5.20. The van der Waals surface area contributed by atoms with Gasteiger partial charge in [-0.1, -0.05) is 24.6 Å². The predicted octanol–water partition coefficient (Wildman–Crippen LogP) is 5.00. The topological polar surface area (TPSA) is 58.6 Å². The van der Waals surface area contributed by atoms with Gasteiger partial charge in [-0.05, 0) is 67.6 Å². The standard InChI is InChI=1S/C26H34ClFN4O2/c1-3-9-31(2)25(33)14-18-4-5-24(23(28)13-18)34-12-8-20-15-22(20)19-6-10-32(11-7-19)26-29-16-21(27)17-30-26/h4-5,13,16-17,19-20,22H,3,6-12,14-15H2,1-2H3/t20-,22-/m1/s1. The lowest BCUT2D eigenvalue weighted by Gasteiger charge is -2.32. The largest absolute Gasteiger partial charge is 0.491 e. The number of halogens is 2. The fourth-order valence-corrected chi connectivity index (χ4v) is 5.14. The van der Waals surface area contributed by atoms with Gasteiger partial charge in [-0.3, -0.25) is 4.79 Å². The lowest BCUT2D eigenvalue weighted by atomic mass is 9.90. The van der Waals surface area contributed by atoms with Crippen molar-refractivity contribution in [3.8, 4) is 5.75 Å². The van der Waals surface area contributed by atoms with Crippen molar-refractivity contribution in [1.82, 2.24) is 14.9 Å². The molecule has 0 N–H and O–H groups in total. The number of amides is 1. The molecule has 1 amide bonds. The molecule has 6 nitrogen and oxygen atoms in total. The average Bonchev–Trinajstić information content (AvgIpc) is 3.61. The number of carbonyl (C=O) groups is 1. The van der Waals surface area contributed by atoms with Crippen LogP contribution in [0.2, 0.25) is 5.02 Å². The Morgan fingerprint density at radius 1 is 1.26 bits per heavy atom. The fourth-order valence-electron chi connectivity index (χ4n) is 5.04. The SMILES string of the molecule is CCCN(C)C(=O)Cc1ccc(OCC[C@@H]2C[C@@H]2C2CCN(c3ncc(Cl)cn3)CC2)c(F)c1. The van der Waals surface area contributed by atoms with Crippen LogP contribution in [0.4, 0.5) is 10.3 Å². The van der Waals surface area contributed by atoms with Gasteiger partial charge in [-0.25, -0.2) is 14.4 Å². The van der Waals surface area contributed by atoms with E-state index in [1.807, 2.05) is 6.92 Å². The molecule has 184 valence electrons. The van der Waals surface area contributed by atoms with Crippen LogP contribution in [-0.2, 0) is 11.2 Å². The van der Waals surface area contributed by atoms with E-state index in [2.05, 4.69) is 14.9 Å². The second kappa shape index (κ2) is 11.3. The first-order valence-electron chi connectivity index (χ1n) is 12.3. The zero-order valence-electron chi connectivity index (χ0n) is 20.1. The van der Waals surface area contributed by atoms with E-state index >= 15 is 0 Å². The van der Waals surface area contributed by atoms with Gasteiger partial charge in [0.15, 0.2) is 11.6 Å². The van der Waals surface area contributed by atoms with Crippen molar-refractivity contribution in [2.75, 3.05) is 38.2 Å². The number of carbonyl (C=O) groups excluding carboxylic acids is 1. The number of hydrogen-bond acceptors (Lipinski definition) is 5. The van der Waals surface area contributed by atoms with E-state index in [-0.39, 0.29) is 18.1 Å². The molecule has 4 rings (SSSR count). The van der Waals surface area contributed by atoms with E-state index in [9.17, 15) is 9.18 Å². The lowest BCUT2D eigenvalue weighted by Crippen LogP contribution is -2.35. The molecule has 34 heavy (non-hydrogen) atoms. The van der Waals surface area contributed by atoms with Crippen LogP contribution >= 0.6 is 11.6 Å². The number of hydrogen-bond donors (Lipinski definition) is 0. The van der Waals surface area contributed by atoms with Crippen LogP contribution in [0.5, 0.6) is 5.75 Å². The molecule has 1 aromatic heterocycles. The summed E-state index contributed by atoms with van der Waals surface area (Å²) in [5.74, 6) is 2.77. The summed E-state index contributed by atoms with van der Waals surface area (Å²) in [6.07, 6.45) is 8.90. The van der Waals surface area contributed by atoms with E-state index in [4.69, 9.17) is 16.3 Å². The molecular formula is C26H34ClFN4O2. The van der Waals surface area contributed by atoms with Crippen molar-refractivity contribution < 1.29 is 13.9 Å². The number of ether oxygens (including phenoxy) is 1. The molecule has 2 fully saturated rings. The first-order chi connectivity index (χ1) is 16.4. The summed E-state index contributed by atoms with van der Waals surface area (Å²) in [4.78, 5) is 24.8. The van der Waals surface area contributed by atoms with Gasteiger partial charge in [-0.15, -0.1) is 0 Å². The molecule has 0 bridgehead atoms. The molecule has 1 aliphatic carbocycles. The molecule has 2 aromatic rings. The Balaban J connectivity index is 1.17. The van der Waals surface area contributed by atoms with Crippen molar-refractivity contribution in [2.24, 2.45) is 17.8 Å². The highest BCUT2D eigenvalue weighted by Gasteiger charge is 2.43. The number of aromatic nitrogens is 2. The van der Waals surface area contributed by atoms with E-state index in [1.165, 1.54) is 12.5 Å². The summed E-state index contributed by atoms with van der Waals surface area (Å²) in [5, 5.41) is 0.558.